The Balaban J connectivity index is 0.00000480. The summed E-state index contributed by atoms with van der Waals surface area (Å²) in [4.78, 5) is 0. The fraction of sp³-hybridized carbons (Fsp3) is 0.333. The summed E-state index contributed by atoms with van der Waals surface area (Å²) in [7, 11) is 3.02. The lowest BCUT2D eigenvalue weighted by Gasteiger charge is -2.39. The molecule has 0 saturated carbocycles. The Morgan fingerprint density at radius 2 is 0.935 bits per heavy atom. The minimum Gasteiger partial charge on any atom is -1.00 e. The summed E-state index contributed by atoms with van der Waals surface area (Å²) in [5.41, 5.74) is 3.97. The highest BCUT2D eigenvalue weighted by Crippen LogP contribution is 2.51. The van der Waals surface area contributed by atoms with Crippen molar-refractivity contribution in [1.29, 1.82) is 0 Å². The third kappa shape index (κ3) is 6.51. The van der Waals surface area contributed by atoms with Crippen molar-refractivity contribution < 1.29 is 57.3 Å². The molecule has 0 unspecified atom stereocenters. The summed E-state index contributed by atoms with van der Waals surface area (Å²) in [6.45, 7) is 6.50. The molecular formula is C36H36BrF6NO2. The molecule has 3 nitrogen and oxygen atoms in total. The van der Waals surface area contributed by atoms with E-state index in [1.807, 2.05) is 0 Å². The Bertz CT molecular complexity index is 1570. The fourth-order valence-corrected chi connectivity index (χ4v) is 6.57. The van der Waals surface area contributed by atoms with Gasteiger partial charge in [0.15, 0.2) is 34.9 Å². The van der Waals surface area contributed by atoms with Crippen LogP contribution >= 0.6 is 0 Å². The van der Waals surface area contributed by atoms with E-state index in [2.05, 4.69) is 13.8 Å². The van der Waals surface area contributed by atoms with E-state index in [9.17, 15) is 26.3 Å². The van der Waals surface area contributed by atoms with Gasteiger partial charge in [-0.25, -0.2) is 26.3 Å². The number of quaternary nitrogens is 1. The van der Waals surface area contributed by atoms with Crippen molar-refractivity contribution in [3.8, 4) is 44.9 Å². The third-order valence-corrected chi connectivity index (χ3v) is 8.79. The number of unbranched alkanes of at least 4 members (excludes halogenated alkanes) is 2. The molecule has 0 bridgehead atoms. The van der Waals surface area contributed by atoms with Gasteiger partial charge in [0.1, 0.15) is 24.6 Å². The number of halogens is 7. The fourth-order valence-electron chi connectivity index (χ4n) is 6.57. The van der Waals surface area contributed by atoms with Gasteiger partial charge in [-0.1, -0.05) is 38.8 Å². The summed E-state index contributed by atoms with van der Waals surface area (Å²) in [5, 5.41) is 0. The lowest BCUT2D eigenvalue weighted by Crippen LogP contribution is -3.00. The molecule has 4 aromatic carbocycles. The Kier molecular flexibility index (Phi) is 11.2. The number of hydrogen-bond donors (Lipinski definition) is 0. The maximum Gasteiger partial charge on any atom is 0.194 e. The van der Waals surface area contributed by atoms with Crippen LogP contribution in [0.1, 0.15) is 50.7 Å². The molecule has 0 N–H and O–H groups in total. The number of rotatable bonds is 10. The topological polar surface area (TPSA) is 18.5 Å². The van der Waals surface area contributed by atoms with Crippen molar-refractivity contribution in [3.05, 3.63) is 94.6 Å². The van der Waals surface area contributed by atoms with E-state index in [-0.39, 0.29) is 28.1 Å². The largest absolute Gasteiger partial charge is 1.00 e. The monoisotopic (exact) mass is 707 g/mol. The molecule has 0 fully saturated rings. The molecule has 0 aliphatic carbocycles. The highest BCUT2D eigenvalue weighted by atomic mass is 79.9. The van der Waals surface area contributed by atoms with Crippen molar-refractivity contribution >= 4 is 0 Å². The van der Waals surface area contributed by atoms with Crippen LogP contribution in [0.4, 0.5) is 26.3 Å². The molecule has 4 aromatic rings. The van der Waals surface area contributed by atoms with Gasteiger partial charge in [0.2, 0.25) is 0 Å². The highest BCUT2D eigenvalue weighted by Gasteiger charge is 2.38. The number of ether oxygens (including phenoxy) is 2. The van der Waals surface area contributed by atoms with Gasteiger partial charge >= 0.3 is 0 Å². The van der Waals surface area contributed by atoms with Crippen LogP contribution < -0.4 is 26.5 Å². The van der Waals surface area contributed by atoms with Gasteiger partial charge in [0.25, 0.3) is 0 Å². The van der Waals surface area contributed by atoms with Crippen molar-refractivity contribution in [2.75, 3.05) is 27.3 Å². The van der Waals surface area contributed by atoms with Crippen LogP contribution in [0.25, 0.3) is 33.4 Å². The molecule has 0 spiro atoms. The zero-order valence-corrected chi connectivity index (χ0v) is 27.8. The number of benzene rings is 4. The highest BCUT2D eigenvalue weighted by molar-refractivity contribution is 5.91. The minimum absolute atomic E-state index is 0. The predicted molar refractivity (Wildman–Crippen MR) is 163 cm³/mol. The summed E-state index contributed by atoms with van der Waals surface area (Å²) < 4.78 is 98.8. The number of hydrogen-bond acceptors (Lipinski definition) is 2. The second-order valence-corrected chi connectivity index (χ2v) is 11.7. The maximum absolute atomic E-state index is 14.6. The summed E-state index contributed by atoms with van der Waals surface area (Å²) in [6, 6.07) is 10.7. The standard InChI is InChI=1S/C36H36F6NO2.BrH/c1-5-7-13-43(14-8-6-2)19-25-23(21-15-27(37)35(41)28(38)16-21)9-11-31(44-3)33(25)34-26(20-43)24(10-12-32(34)45-4)22-17-29(39)36(42)30(40)18-22;/h9-12,15-18H,5-8,13-14,19-20H2,1-4H3;1H/q+1;/p-1. The average molecular weight is 709 g/mol. The normalized spacial score (nSPS) is 13.3. The smallest absolute Gasteiger partial charge is 0.194 e. The SMILES string of the molecule is CCCC[N+]1(CCCC)Cc2c(-c3cc(F)c(F)c(F)c3)ccc(OC)c2-c2c(OC)ccc(-c3cc(F)c(F)c(F)c3)c2C1.[Br-]. The molecule has 0 saturated heterocycles. The lowest BCUT2D eigenvalue weighted by atomic mass is 9.86. The zero-order chi connectivity index (χ0) is 32.5. The average Bonchev–Trinajstić information content (AvgIpc) is 3.18. The molecule has 1 aliphatic heterocycles. The Hall–Kier alpha value is -3.50. The van der Waals surface area contributed by atoms with Crippen molar-refractivity contribution in [2.45, 2.75) is 52.6 Å². The van der Waals surface area contributed by atoms with Crippen LogP contribution in [0.2, 0.25) is 0 Å². The predicted octanol–water partition coefficient (Wildman–Crippen LogP) is 6.97. The molecule has 1 heterocycles. The first-order valence-electron chi connectivity index (χ1n) is 15.1. The Labute approximate surface area is 276 Å². The first kappa shape index (κ1) is 35.4. The molecule has 0 radical (unpaired) electrons. The molecular weight excluding hydrogens is 672 g/mol. The summed E-state index contributed by atoms with van der Waals surface area (Å²) in [5.74, 6) is -7.41. The third-order valence-electron chi connectivity index (χ3n) is 8.79. The van der Waals surface area contributed by atoms with Crippen molar-refractivity contribution in [1.82, 2.24) is 0 Å². The molecule has 1 aliphatic rings. The second kappa shape index (κ2) is 14.5. The van der Waals surface area contributed by atoms with E-state index in [0.717, 1.165) is 74.2 Å². The van der Waals surface area contributed by atoms with E-state index in [0.29, 0.717) is 51.3 Å². The lowest BCUT2D eigenvalue weighted by molar-refractivity contribution is -0.953. The second-order valence-electron chi connectivity index (χ2n) is 11.7. The van der Waals surface area contributed by atoms with Gasteiger partial charge in [-0.05, 0) is 71.5 Å². The van der Waals surface area contributed by atoms with Crippen molar-refractivity contribution in [2.24, 2.45) is 0 Å². The molecule has 10 heteroatoms. The van der Waals surface area contributed by atoms with Crippen LogP contribution in [-0.2, 0) is 13.1 Å². The zero-order valence-electron chi connectivity index (χ0n) is 26.2. The van der Waals surface area contributed by atoms with Crippen LogP contribution in [0.15, 0.2) is 48.5 Å². The summed E-state index contributed by atoms with van der Waals surface area (Å²) >= 11 is 0. The first-order chi connectivity index (χ1) is 21.6. The van der Waals surface area contributed by atoms with E-state index >= 15 is 0 Å². The van der Waals surface area contributed by atoms with Gasteiger partial charge in [-0.2, -0.15) is 0 Å². The number of nitrogens with zero attached hydrogens (tertiary/aromatic N) is 1. The molecule has 0 amide bonds. The first-order valence-corrected chi connectivity index (χ1v) is 15.1. The van der Waals surface area contributed by atoms with E-state index in [1.165, 1.54) is 14.2 Å². The van der Waals surface area contributed by atoms with Gasteiger partial charge in [0, 0.05) is 22.3 Å². The number of methoxy groups -OCH3 is 2. The molecule has 0 aromatic heterocycles. The van der Waals surface area contributed by atoms with E-state index in [4.69, 9.17) is 9.47 Å². The molecule has 5 rings (SSSR count). The molecule has 46 heavy (non-hydrogen) atoms. The van der Waals surface area contributed by atoms with Gasteiger partial charge in [0.05, 0.1) is 27.3 Å². The maximum atomic E-state index is 14.6. The van der Waals surface area contributed by atoms with Gasteiger partial charge in [-0.15, -0.1) is 0 Å². The van der Waals surface area contributed by atoms with Crippen LogP contribution in [0.5, 0.6) is 11.5 Å². The molecule has 246 valence electrons. The molecule has 0 atom stereocenters. The van der Waals surface area contributed by atoms with E-state index in [1.54, 1.807) is 24.3 Å². The van der Waals surface area contributed by atoms with Crippen LogP contribution in [-0.4, -0.2) is 31.8 Å². The Morgan fingerprint density at radius 3 is 1.24 bits per heavy atom. The van der Waals surface area contributed by atoms with Crippen LogP contribution in [0.3, 0.4) is 0 Å². The van der Waals surface area contributed by atoms with Crippen molar-refractivity contribution in [3.63, 3.8) is 0 Å². The summed E-state index contributed by atoms with van der Waals surface area (Å²) in [6.07, 6.45) is 3.55. The minimum atomic E-state index is -1.55. The van der Waals surface area contributed by atoms with Gasteiger partial charge < -0.3 is 30.9 Å². The quantitative estimate of drug-likeness (QED) is 0.101. The number of fused-ring (bicyclic) bond motifs is 3. The van der Waals surface area contributed by atoms with E-state index < -0.39 is 34.9 Å². The van der Waals surface area contributed by atoms with Gasteiger partial charge in [-0.3, -0.25) is 0 Å². The van der Waals surface area contributed by atoms with Crippen LogP contribution in [0, 0.1) is 34.9 Å². The Morgan fingerprint density at radius 1 is 0.587 bits per heavy atom.